The van der Waals surface area contributed by atoms with Gasteiger partial charge in [0.05, 0.1) is 0 Å². The highest BCUT2D eigenvalue weighted by atomic mass is 13.8. The lowest BCUT2D eigenvalue weighted by Crippen LogP contribution is -1.66. The first-order valence-corrected chi connectivity index (χ1v) is 3.30. The quantitative estimate of drug-likeness (QED) is 0.520. The number of hydrogen-bond acceptors (Lipinski definition) is 0. The lowest BCUT2D eigenvalue weighted by Gasteiger charge is -1.87. The summed E-state index contributed by atoms with van der Waals surface area (Å²) in [7, 11) is 0. The van der Waals surface area contributed by atoms with Crippen LogP contribution in [-0.2, 0) is 0 Å². The number of rotatable bonds is 3. The van der Waals surface area contributed by atoms with E-state index >= 15 is 0 Å². The highest BCUT2D eigenvalue weighted by molar-refractivity contribution is 5.25. The van der Waals surface area contributed by atoms with Crippen LogP contribution < -0.4 is 0 Å². The first kappa shape index (κ1) is 8.96. The van der Waals surface area contributed by atoms with Crippen molar-refractivity contribution >= 4 is 0 Å². The van der Waals surface area contributed by atoms with Crippen LogP contribution in [0.1, 0.15) is 13.8 Å². The molecule has 0 saturated carbocycles. The third-order valence-electron chi connectivity index (χ3n) is 1.25. The Morgan fingerprint density at radius 1 is 0.900 bits per heavy atom. The van der Waals surface area contributed by atoms with Gasteiger partial charge in [0, 0.05) is 0 Å². The summed E-state index contributed by atoms with van der Waals surface area (Å²) in [6, 6.07) is 0. The van der Waals surface area contributed by atoms with Gasteiger partial charge in [0.2, 0.25) is 0 Å². The predicted octanol–water partition coefficient (Wildman–Crippen LogP) is 3.25. The van der Waals surface area contributed by atoms with Gasteiger partial charge in [-0.05, 0) is 13.8 Å². The largest absolute Gasteiger partial charge is 0.0988 e. The van der Waals surface area contributed by atoms with E-state index in [0.717, 1.165) is 0 Å². The summed E-state index contributed by atoms with van der Waals surface area (Å²) in [4.78, 5) is 0. The van der Waals surface area contributed by atoms with Gasteiger partial charge in [0.15, 0.2) is 0 Å². The topological polar surface area (TPSA) is 0 Å². The zero-order valence-electron chi connectivity index (χ0n) is 6.72. The van der Waals surface area contributed by atoms with Gasteiger partial charge < -0.3 is 0 Å². The molecule has 0 fully saturated rings. The maximum Gasteiger partial charge on any atom is -0.0398 e. The van der Waals surface area contributed by atoms with Gasteiger partial charge in [-0.15, -0.1) is 0 Å². The van der Waals surface area contributed by atoms with E-state index in [1.807, 2.05) is 38.2 Å². The second kappa shape index (κ2) is 4.80. The minimum atomic E-state index is 1.17. The van der Waals surface area contributed by atoms with Crippen LogP contribution in [0.4, 0.5) is 0 Å². The molecule has 0 aliphatic rings. The highest BCUT2D eigenvalue weighted by Gasteiger charge is 1.76. The Kier molecular flexibility index (Phi) is 4.30. The van der Waals surface area contributed by atoms with Crippen LogP contribution in [0.25, 0.3) is 0 Å². The fourth-order valence-corrected chi connectivity index (χ4v) is 0.399. The fraction of sp³-hybridized carbons (Fsp3) is 0.200. The Hall–Kier alpha value is -1.04. The molecule has 0 aliphatic carbocycles. The minimum absolute atomic E-state index is 1.17. The zero-order valence-corrected chi connectivity index (χ0v) is 6.72. The van der Waals surface area contributed by atoms with E-state index < -0.39 is 0 Å². The van der Waals surface area contributed by atoms with Gasteiger partial charge >= 0.3 is 0 Å². The molecular formula is C10H14. The molecule has 0 spiro atoms. The molecule has 10 heavy (non-hydrogen) atoms. The fourth-order valence-electron chi connectivity index (χ4n) is 0.399. The molecule has 0 atom stereocenters. The third-order valence-corrected chi connectivity index (χ3v) is 1.25. The molecule has 0 aromatic heterocycles. The number of hydrogen-bond donors (Lipinski definition) is 0. The van der Waals surface area contributed by atoms with E-state index in [9.17, 15) is 0 Å². The normalized spacial score (nSPS) is 13.0. The van der Waals surface area contributed by atoms with Crippen LogP contribution in [0.15, 0.2) is 48.6 Å². The molecular weight excluding hydrogens is 120 g/mol. The van der Waals surface area contributed by atoms with E-state index in [1.165, 1.54) is 11.1 Å². The van der Waals surface area contributed by atoms with E-state index in [4.69, 9.17) is 0 Å². The summed E-state index contributed by atoms with van der Waals surface area (Å²) >= 11 is 0. The van der Waals surface area contributed by atoms with Crippen LogP contribution in [0.5, 0.6) is 0 Å². The molecule has 0 bridgehead atoms. The van der Waals surface area contributed by atoms with E-state index in [-0.39, 0.29) is 0 Å². The van der Waals surface area contributed by atoms with Crippen molar-refractivity contribution in [2.45, 2.75) is 13.8 Å². The maximum absolute atomic E-state index is 3.64. The van der Waals surface area contributed by atoms with Gasteiger partial charge in [-0.2, -0.15) is 0 Å². The first-order chi connectivity index (χ1) is 4.70. The van der Waals surface area contributed by atoms with Crippen LogP contribution >= 0.6 is 0 Å². The standard InChI is InChI=1S/C10H14/c1-5-9(3)7-8-10(4)6-2/h5-8H,1-2H2,3-4H3/b9-7-,10-8-. The van der Waals surface area contributed by atoms with Crippen molar-refractivity contribution in [2.24, 2.45) is 0 Å². The Morgan fingerprint density at radius 2 is 1.20 bits per heavy atom. The van der Waals surface area contributed by atoms with Crippen molar-refractivity contribution in [1.82, 2.24) is 0 Å². The van der Waals surface area contributed by atoms with Crippen LogP contribution in [0, 0.1) is 0 Å². The maximum atomic E-state index is 3.64. The summed E-state index contributed by atoms with van der Waals surface area (Å²) in [6.07, 6.45) is 7.69. The molecule has 0 heteroatoms. The van der Waals surface area contributed by atoms with Crippen molar-refractivity contribution in [3.8, 4) is 0 Å². The van der Waals surface area contributed by atoms with Crippen LogP contribution in [-0.4, -0.2) is 0 Å². The van der Waals surface area contributed by atoms with Crippen LogP contribution in [0.3, 0.4) is 0 Å². The minimum Gasteiger partial charge on any atom is -0.0988 e. The monoisotopic (exact) mass is 134 g/mol. The van der Waals surface area contributed by atoms with E-state index in [1.54, 1.807) is 0 Å². The molecule has 0 radical (unpaired) electrons. The van der Waals surface area contributed by atoms with Crippen molar-refractivity contribution in [1.29, 1.82) is 0 Å². The van der Waals surface area contributed by atoms with Crippen LogP contribution in [0.2, 0.25) is 0 Å². The Labute approximate surface area is 63.3 Å². The third kappa shape index (κ3) is 3.90. The second-order valence-electron chi connectivity index (χ2n) is 2.23. The average molecular weight is 134 g/mol. The molecule has 54 valence electrons. The molecule has 0 N–H and O–H groups in total. The van der Waals surface area contributed by atoms with E-state index in [2.05, 4.69) is 13.2 Å². The summed E-state index contributed by atoms with van der Waals surface area (Å²) in [5.41, 5.74) is 2.34. The van der Waals surface area contributed by atoms with Gasteiger partial charge in [-0.1, -0.05) is 48.6 Å². The number of allylic oxidation sites excluding steroid dienone is 6. The molecule has 0 aromatic carbocycles. The molecule has 0 amide bonds. The molecule has 0 nitrogen and oxygen atoms in total. The molecule has 0 aliphatic heterocycles. The SMILES string of the molecule is C=C/C(C)=C\C=C(\C)C=C. The van der Waals surface area contributed by atoms with Crippen molar-refractivity contribution in [2.75, 3.05) is 0 Å². The lowest BCUT2D eigenvalue weighted by molar-refractivity contribution is 1.49. The summed E-state index contributed by atoms with van der Waals surface area (Å²) in [6.45, 7) is 11.3. The average Bonchev–Trinajstić information content (AvgIpc) is 1.99. The molecule has 0 saturated heterocycles. The second-order valence-corrected chi connectivity index (χ2v) is 2.23. The molecule has 0 rings (SSSR count). The summed E-state index contributed by atoms with van der Waals surface area (Å²) in [5, 5.41) is 0. The van der Waals surface area contributed by atoms with Gasteiger partial charge in [-0.3, -0.25) is 0 Å². The van der Waals surface area contributed by atoms with Crippen molar-refractivity contribution in [3.05, 3.63) is 48.6 Å². The van der Waals surface area contributed by atoms with Gasteiger partial charge in [0.25, 0.3) is 0 Å². The molecule has 0 aromatic rings. The first-order valence-electron chi connectivity index (χ1n) is 3.30. The Morgan fingerprint density at radius 3 is 1.40 bits per heavy atom. The smallest absolute Gasteiger partial charge is 0.0398 e. The molecule has 0 unspecified atom stereocenters. The van der Waals surface area contributed by atoms with E-state index in [0.29, 0.717) is 0 Å². The summed E-state index contributed by atoms with van der Waals surface area (Å²) in [5.74, 6) is 0. The lowest BCUT2D eigenvalue weighted by atomic mass is 10.2. The summed E-state index contributed by atoms with van der Waals surface area (Å²) < 4.78 is 0. The van der Waals surface area contributed by atoms with Gasteiger partial charge in [0.1, 0.15) is 0 Å². The highest BCUT2D eigenvalue weighted by Crippen LogP contribution is 1.97. The Bertz CT molecular complexity index is 158. The molecule has 0 heterocycles. The zero-order chi connectivity index (χ0) is 7.98. The van der Waals surface area contributed by atoms with Crippen molar-refractivity contribution in [3.63, 3.8) is 0 Å². The predicted molar refractivity (Wildman–Crippen MR) is 47.9 cm³/mol. The van der Waals surface area contributed by atoms with Gasteiger partial charge in [-0.25, -0.2) is 0 Å². The van der Waals surface area contributed by atoms with Crippen molar-refractivity contribution < 1.29 is 0 Å². The Balaban J connectivity index is 4.16.